The number of thiazole rings is 1. The van der Waals surface area contributed by atoms with E-state index < -0.39 is 0 Å². The molecule has 5 heteroatoms. The number of carbonyl (C=O) groups is 1. The molecule has 0 saturated carbocycles. The summed E-state index contributed by atoms with van der Waals surface area (Å²) in [6.45, 7) is 0. The van der Waals surface area contributed by atoms with Crippen molar-refractivity contribution in [2.75, 3.05) is 14.2 Å². The molecule has 0 spiro atoms. The summed E-state index contributed by atoms with van der Waals surface area (Å²) in [6.07, 6.45) is 5.42. The van der Waals surface area contributed by atoms with E-state index in [1.807, 2.05) is 36.4 Å². The molecule has 1 aromatic heterocycles. The van der Waals surface area contributed by atoms with Crippen LogP contribution in [0.25, 0.3) is 12.2 Å². The molecule has 1 amide bonds. The van der Waals surface area contributed by atoms with E-state index in [4.69, 9.17) is 4.74 Å². The van der Waals surface area contributed by atoms with Gasteiger partial charge in [-0.3, -0.25) is 4.79 Å². The maximum atomic E-state index is 11.4. The van der Waals surface area contributed by atoms with E-state index in [-0.39, 0.29) is 5.91 Å². The molecule has 0 unspecified atom stereocenters. The van der Waals surface area contributed by atoms with E-state index in [9.17, 15) is 4.79 Å². The lowest BCUT2D eigenvalue weighted by atomic mass is 10.2. The third-order valence-electron chi connectivity index (χ3n) is 2.51. The van der Waals surface area contributed by atoms with E-state index in [1.54, 1.807) is 20.4 Å². The topological polar surface area (TPSA) is 51.2 Å². The van der Waals surface area contributed by atoms with Gasteiger partial charge in [0.05, 0.1) is 13.3 Å². The zero-order valence-electron chi connectivity index (χ0n) is 10.7. The summed E-state index contributed by atoms with van der Waals surface area (Å²) in [5.74, 6) is 0.717. The van der Waals surface area contributed by atoms with Gasteiger partial charge in [-0.2, -0.15) is 0 Å². The van der Waals surface area contributed by atoms with Crippen LogP contribution in [0.3, 0.4) is 0 Å². The van der Waals surface area contributed by atoms with Crippen molar-refractivity contribution in [3.63, 3.8) is 0 Å². The second-order valence-electron chi connectivity index (χ2n) is 3.75. The normalized spacial score (nSPS) is 10.6. The molecule has 1 heterocycles. The second kappa shape index (κ2) is 6.15. The predicted octanol–water partition coefficient (Wildman–Crippen LogP) is 2.68. The summed E-state index contributed by atoms with van der Waals surface area (Å²) < 4.78 is 5.10. The zero-order chi connectivity index (χ0) is 13.7. The van der Waals surface area contributed by atoms with Gasteiger partial charge in [-0.15, -0.1) is 11.3 Å². The van der Waals surface area contributed by atoms with Crippen LogP contribution in [-0.2, 0) is 0 Å². The van der Waals surface area contributed by atoms with Crippen LogP contribution in [0.1, 0.15) is 20.2 Å². The molecule has 0 fully saturated rings. The Kier molecular flexibility index (Phi) is 4.30. The minimum absolute atomic E-state index is 0.110. The van der Waals surface area contributed by atoms with Crippen LogP contribution in [0.4, 0.5) is 0 Å². The first-order valence-corrected chi connectivity index (χ1v) is 6.54. The van der Waals surface area contributed by atoms with E-state index in [2.05, 4.69) is 10.3 Å². The Morgan fingerprint density at radius 2 is 2.05 bits per heavy atom. The zero-order valence-corrected chi connectivity index (χ0v) is 11.5. The summed E-state index contributed by atoms with van der Waals surface area (Å²) in [5.41, 5.74) is 1.05. The SMILES string of the molecule is CNC(=O)c1cnc(/C=C/c2ccc(OC)cc2)s1. The van der Waals surface area contributed by atoms with Gasteiger partial charge in [0.25, 0.3) is 5.91 Å². The van der Waals surface area contributed by atoms with E-state index in [1.165, 1.54) is 11.3 Å². The number of nitrogens with zero attached hydrogens (tertiary/aromatic N) is 1. The van der Waals surface area contributed by atoms with Crippen molar-refractivity contribution in [2.24, 2.45) is 0 Å². The number of rotatable bonds is 4. The summed E-state index contributed by atoms with van der Waals surface area (Å²) >= 11 is 1.36. The molecule has 0 aliphatic carbocycles. The number of aromatic nitrogens is 1. The maximum Gasteiger partial charge on any atom is 0.262 e. The summed E-state index contributed by atoms with van der Waals surface area (Å²) in [6, 6.07) is 7.72. The average Bonchev–Trinajstić information content (AvgIpc) is 2.93. The Morgan fingerprint density at radius 1 is 1.32 bits per heavy atom. The Hall–Kier alpha value is -2.14. The van der Waals surface area contributed by atoms with Crippen molar-refractivity contribution in [2.45, 2.75) is 0 Å². The second-order valence-corrected chi connectivity index (χ2v) is 4.81. The van der Waals surface area contributed by atoms with E-state index >= 15 is 0 Å². The third-order valence-corrected chi connectivity index (χ3v) is 3.47. The number of benzene rings is 1. The third kappa shape index (κ3) is 3.42. The molecule has 1 aromatic carbocycles. The summed E-state index contributed by atoms with van der Waals surface area (Å²) in [7, 11) is 3.25. The lowest BCUT2D eigenvalue weighted by Gasteiger charge is -1.98. The van der Waals surface area contributed by atoms with Crippen LogP contribution < -0.4 is 10.1 Å². The van der Waals surface area contributed by atoms with Crippen LogP contribution in [0.15, 0.2) is 30.5 Å². The van der Waals surface area contributed by atoms with Crippen LogP contribution in [0.2, 0.25) is 0 Å². The molecule has 19 heavy (non-hydrogen) atoms. The van der Waals surface area contributed by atoms with Gasteiger partial charge in [-0.25, -0.2) is 4.98 Å². The Morgan fingerprint density at radius 3 is 2.68 bits per heavy atom. The minimum atomic E-state index is -0.110. The van der Waals surface area contributed by atoms with Crippen LogP contribution >= 0.6 is 11.3 Å². The highest BCUT2D eigenvalue weighted by Gasteiger charge is 2.06. The highest BCUT2D eigenvalue weighted by atomic mass is 32.1. The maximum absolute atomic E-state index is 11.4. The molecule has 0 radical (unpaired) electrons. The molecule has 1 N–H and O–H groups in total. The van der Waals surface area contributed by atoms with Gasteiger partial charge in [-0.1, -0.05) is 18.2 Å². The molecule has 0 bridgehead atoms. The number of hydrogen-bond acceptors (Lipinski definition) is 4. The van der Waals surface area contributed by atoms with Crippen molar-refractivity contribution in [3.8, 4) is 5.75 Å². The monoisotopic (exact) mass is 274 g/mol. The molecule has 0 aliphatic heterocycles. The van der Waals surface area contributed by atoms with E-state index in [0.29, 0.717) is 4.88 Å². The van der Waals surface area contributed by atoms with Crippen LogP contribution in [0.5, 0.6) is 5.75 Å². The van der Waals surface area contributed by atoms with Gasteiger partial charge in [0.1, 0.15) is 15.6 Å². The van der Waals surface area contributed by atoms with Crippen molar-refractivity contribution in [1.82, 2.24) is 10.3 Å². The smallest absolute Gasteiger partial charge is 0.262 e. The van der Waals surface area contributed by atoms with Gasteiger partial charge >= 0.3 is 0 Å². The van der Waals surface area contributed by atoms with Gasteiger partial charge in [-0.05, 0) is 23.8 Å². The van der Waals surface area contributed by atoms with Crippen molar-refractivity contribution < 1.29 is 9.53 Å². The Balaban J connectivity index is 2.09. The number of methoxy groups -OCH3 is 1. The Bertz CT molecular complexity index is 588. The predicted molar refractivity (Wildman–Crippen MR) is 77.4 cm³/mol. The average molecular weight is 274 g/mol. The highest BCUT2D eigenvalue weighted by molar-refractivity contribution is 7.14. The fourth-order valence-corrected chi connectivity index (χ4v) is 2.24. The lowest BCUT2D eigenvalue weighted by Crippen LogP contribution is -2.16. The number of amides is 1. The van der Waals surface area contributed by atoms with Crippen LogP contribution in [0, 0.1) is 0 Å². The fourth-order valence-electron chi connectivity index (χ4n) is 1.48. The van der Waals surface area contributed by atoms with Gasteiger partial charge in [0, 0.05) is 7.05 Å². The largest absolute Gasteiger partial charge is 0.497 e. The standard InChI is InChI=1S/C14H14N2O2S/c1-15-14(17)12-9-16-13(19-12)8-5-10-3-6-11(18-2)7-4-10/h3-9H,1-2H3,(H,15,17)/b8-5+. The molecular formula is C14H14N2O2S. The Labute approximate surface area is 115 Å². The van der Waals surface area contributed by atoms with Gasteiger partial charge < -0.3 is 10.1 Å². The van der Waals surface area contributed by atoms with Crippen molar-refractivity contribution in [1.29, 1.82) is 0 Å². The molecule has 4 nitrogen and oxygen atoms in total. The molecule has 0 aliphatic rings. The quantitative estimate of drug-likeness (QED) is 0.932. The molecule has 2 aromatic rings. The molecule has 0 atom stereocenters. The van der Waals surface area contributed by atoms with E-state index in [0.717, 1.165) is 16.3 Å². The minimum Gasteiger partial charge on any atom is -0.497 e. The first kappa shape index (κ1) is 13.3. The lowest BCUT2D eigenvalue weighted by molar-refractivity contribution is 0.0967. The summed E-state index contributed by atoms with van der Waals surface area (Å²) in [5, 5.41) is 3.37. The molecular weight excluding hydrogens is 260 g/mol. The van der Waals surface area contributed by atoms with Gasteiger partial charge in [0.2, 0.25) is 0 Å². The fraction of sp³-hybridized carbons (Fsp3) is 0.143. The number of hydrogen-bond donors (Lipinski definition) is 1. The van der Waals surface area contributed by atoms with Gasteiger partial charge in [0.15, 0.2) is 0 Å². The molecule has 98 valence electrons. The number of nitrogens with one attached hydrogen (secondary N) is 1. The van der Waals surface area contributed by atoms with Crippen LogP contribution in [-0.4, -0.2) is 25.0 Å². The molecule has 0 saturated heterocycles. The molecule has 2 rings (SSSR count). The first-order valence-electron chi connectivity index (χ1n) is 5.73. The number of ether oxygens (including phenoxy) is 1. The van der Waals surface area contributed by atoms with Crippen molar-refractivity contribution >= 4 is 29.4 Å². The number of carbonyl (C=O) groups excluding carboxylic acids is 1. The highest BCUT2D eigenvalue weighted by Crippen LogP contribution is 2.17. The van der Waals surface area contributed by atoms with Crippen molar-refractivity contribution in [3.05, 3.63) is 45.9 Å². The summed E-state index contributed by atoms with van der Waals surface area (Å²) in [4.78, 5) is 16.2. The first-order chi connectivity index (χ1) is 9.22.